The second-order valence-electron chi connectivity index (χ2n) is 3.51. The third-order valence-corrected chi connectivity index (χ3v) is 2.64. The van der Waals surface area contributed by atoms with Crippen molar-refractivity contribution in [2.24, 2.45) is 0 Å². The van der Waals surface area contributed by atoms with Crippen molar-refractivity contribution in [2.45, 2.75) is 26.7 Å². The molecule has 0 atom stereocenters. The van der Waals surface area contributed by atoms with Crippen LogP contribution < -0.4 is 5.73 Å². The molecule has 1 aromatic carbocycles. The van der Waals surface area contributed by atoms with Crippen LogP contribution >= 0.6 is 0 Å². The molecule has 1 aromatic rings. The van der Waals surface area contributed by atoms with Crippen molar-refractivity contribution in [3.8, 4) is 0 Å². The van der Waals surface area contributed by atoms with Crippen molar-refractivity contribution < 1.29 is 9.85 Å². The Morgan fingerprint density at radius 2 is 1.41 bits per heavy atom. The van der Waals surface area contributed by atoms with Crippen molar-refractivity contribution in [1.29, 1.82) is 0 Å². The summed E-state index contributed by atoms with van der Waals surface area (Å²) >= 11 is 0. The average Bonchev–Trinajstić information content (AvgIpc) is 2.27. The minimum Gasteiger partial charge on any atom is -0.398 e. The zero-order valence-electron chi connectivity index (χ0n) is 9.60. The van der Waals surface area contributed by atoms with E-state index in [1.54, 1.807) is 13.8 Å². The number of nitro groups is 2. The van der Waals surface area contributed by atoms with Gasteiger partial charge in [0.25, 0.3) is 11.4 Å². The Morgan fingerprint density at radius 3 is 1.65 bits per heavy atom. The van der Waals surface area contributed by atoms with E-state index in [1.807, 2.05) is 0 Å². The molecule has 0 saturated carbocycles. The van der Waals surface area contributed by atoms with Gasteiger partial charge in [-0.3, -0.25) is 20.2 Å². The average molecular weight is 239 g/mol. The molecule has 0 unspecified atom stereocenters. The number of nitrogens with two attached hydrogens (primary N) is 1. The Balaban J connectivity index is 3.66. The van der Waals surface area contributed by atoms with Crippen molar-refractivity contribution in [2.75, 3.05) is 5.73 Å². The lowest BCUT2D eigenvalue weighted by atomic mass is 9.99. The summed E-state index contributed by atoms with van der Waals surface area (Å²) in [7, 11) is 0. The number of nitrogen functional groups attached to an aromatic ring is 1. The summed E-state index contributed by atoms with van der Waals surface area (Å²) in [5.41, 5.74) is 6.09. The van der Waals surface area contributed by atoms with Gasteiger partial charge in [-0.25, -0.2) is 0 Å². The number of nitro benzene ring substituents is 2. The Morgan fingerprint density at radius 1 is 1.06 bits per heavy atom. The van der Waals surface area contributed by atoms with Crippen LogP contribution in [-0.2, 0) is 12.8 Å². The molecule has 0 aliphatic carbocycles. The largest absolute Gasteiger partial charge is 0.398 e. The summed E-state index contributed by atoms with van der Waals surface area (Å²) in [6.45, 7) is 3.45. The fourth-order valence-electron chi connectivity index (χ4n) is 1.83. The van der Waals surface area contributed by atoms with Crippen LogP contribution in [-0.4, -0.2) is 9.85 Å². The molecule has 0 aliphatic rings. The monoisotopic (exact) mass is 239 g/mol. The van der Waals surface area contributed by atoms with E-state index in [4.69, 9.17) is 5.73 Å². The quantitative estimate of drug-likeness (QED) is 0.491. The van der Waals surface area contributed by atoms with E-state index < -0.39 is 9.85 Å². The lowest BCUT2D eigenvalue weighted by molar-refractivity contribution is -0.394. The van der Waals surface area contributed by atoms with Gasteiger partial charge in [0.2, 0.25) is 0 Å². The van der Waals surface area contributed by atoms with Gasteiger partial charge in [-0.1, -0.05) is 13.8 Å². The molecule has 0 saturated heterocycles. The van der Waals surface area contributed by atoms with E-state index in [2.05, 4.69) is 0 Å². The number of anilines is 1. The molecule has 0 bridgehead atoms. The van der Waals surface area contributed by atoms with Crippen LogP contribution in [0.1, 0.15) is 25.0 Å². The molecular weight excluding hydrogens is 226 g/mol. The van der Waals surface area contributed by atoms with Gasteiger partial charge in [0.1, 0.15) is 0 Å². The molecule has 0 aromatic heterocycles. The molecular formula is C10H13N3O4. The highest BCUT2D eigenvalue weighted by molar-refractivity contribution is 5.70. The summed E-state index contributed by atoms with van der Waals surface area (Å²) in [6, 6.07) is 0.994. The predicted molar refractivity (Wildman–Crippen MR) is 62.9 cm³/mol. The van der Waals surface area contributed by atoms with Crippen LogP contribution in [0.3, 0.4) is 0 Å². The van der Waals surface area contributed by atoms with Gasteiger partial charge < -0.3 is 5.73 Å². The van der Waals surface area contributed by atoms with Gasteiger partial charge in [0, 0.05) is 0 Å². The highest BCUT2D eigenvalue weighted by Crippen LogP contribution is 2.35. The molecule has 92 valence electrons. The fraction of sp³-hybridized carbons (Fsp3) is 0.400. The summed E-state index contributed by atoms with van der Waals surface area (Å²) in [6.07, 6.45) is 0.736. The van der Waals surface area contributed by atoms with E-state index in [9.17, 15) is 20.2 Å². The smallest absolute Gasteiger partial charge is 0.281 e. The van der Waals surface area contributed by atoms with Crippen molar-refractivity contribution in [3.63, 3.8) is 0 Å². The van der Waals surface area contributed by atoms with Crippen molar-refractivity contribution >= 4 is 17.1 Å². The third kappa shape index (κ3) is 2.17. The Bertz CT molecular complexity index is 445. The van der Waals surface area contributed by atoms with E-state index in [0.29, 0.717) is 24.0 Å². The maximum Gasteiger partial charge on any atom is 0.281 e. The molecule has 7 heteroatoms. The first-order chi connectivity index (χ1) is 7.93. The molecule has 0 heterocycles. The summed E-state index contributed by atoms with van der Waals surface area (Å²) in [5.74, 6) is 0. The first-order valence-electron chi connectivity index (χ1n) is 5.16. The number of rotatable bonds is 4. The van der Waals surface area contributed by atoms with E-state index in [-0.39, 0.29) is 17.1 Å². The molecule has 1 rings (SSSR count). The molecule has 0 spiro atoms. The highest BCUT2D eigenvalue weighted by Gasteiger charge is 2.26. The summed E-state index contributed by atoms with van der Waals surface area (Å²) in [5, 5.41) is 21.7. The Kier molecular flexibility index (Phi) is 3.62. The number of nitrogens with zero attached hydrogens (tertiary/aromatic N) is 2. The van der Waals surface area contributed by atoms with Crippen LogP contribution in [0.5, 0.6) is 0 Å². The molecule has 7 nitrogen and oxygen atoms in total. The van der Waals surface area contributed by atoms with Gasteiger partial charge in [-0.2, -0.15) is 0 Å². The number of hydrogen-bond donors (Lipinski definition) is 1. The van der Waals surface area contributed by atoms with Gasteiger partial charge in [-0.05, 0) is 12.8 Å². The van der Waals surface area contributed by atoms with E-state index >= 15 is 0 Å². The molecule has 0 fully saturated rings. The number of hydrogen-bond acceptors (Lipinski definition) is 5. The molecule has 17 heavy (non-hydrogen) atoms. The zero-order chi connectivity index (χ0) is 13.2. The van der Waals surface area contributed by atoms with E-state index in [1.165, 1.54) is 0 Å². The second kappa shape index (κ2) is 4.77. The number of benzene rings is 1. The predicted octanol–water partition coefficient (Wildman–Crippen LogP) is 2.21. The third-order valence-electron chi connectivity index (χ3n) is 2.64. The first-order valence-corrected chi connectivity index (χ1v) is 5.16. The van der Waals surface area contributed by atoms with Crippen LogP contribution in [0.4, 0.5) is 17.1 Å². The maximum atomic E-state index is 10.8. The van der Waals surface area contributed by atoms with Crippen LogP contribution in [0, 0.1) is 20.2 Å². The standard InChI is InChI=1S/C10H13N3O4/c1-3-6-8(12(14)15)5-9(13(16)17)7(4-2)10(6)11/h5H,3-4,11H2,1-2H3. The lowest BCUT2D eigenvalue weighted by Crippen LogP contribution is -2.06. The normalized spacial score (nSPS) is 10.2. The minimum atomic E-state index is -0.637. The Hall–Kier alpha value is -2.18. The minimum absolute atomic E-state index is 0.163. The van der Waals surface area contributed by atoms with Crippen molar-refractivity contribution in [1.82, 2.24) is 0 Å². The fourth-order valence-corrected chi connectivity index (χ4v) is 1.83. The lowest BCUT2D eigenvalue weighted by Gasteiger charge is -2.09. The molecule has 0 radical (unpaired) electrons. The maximum absolute atomic E-state index is 10.8. The Labute approximate surface area is 97.5 Å². The van der Waals surface area contributed by atoms with Crippen molar-refractivity contribution in [3.05, 3.63) is 37.4 Å². The molecule has 0 aliphatic heterocycles. The van der Waals surface area contributed by atoms with Gasteiger partial charge in [0.15, 0.2) is 0 Å². The molecule has 2 N–H and O–H groups in total. The van der Waals surface area contributed by atoms with Gasteiger partial charge in [0.05, 0.1) is 32.7 Å². The summed E-state index contributed by atoms with van der Waals surface area (Å²) in [4.78, 5) is 20.4. The van der Waals surface area contributed by atoms with Gasteiger partial charge >= 0.3 is 0 Å². The van der Waals surface area contributed by atoms with E-state index in [0.717, 1.165) is 6.07 Å². The van der Waals surface area contributed by atoms with Gasteiger partial charge in [-0.15, -0.1) is 0 Å². The second-order valence-corrected chi connectivity index (χ2v) is 3.51. The summed E-state index contributed by atoms with van der Waals surface area (Å²) < 4.78 is 0. The first kappa shape index (κ1) is 12.9. The van der Waals surface area contributed by atoms with Crippen LogP contribution in [0.25, 0.3) is 0 Å². The van der Waals surface area contributed by atoms with Crippen LogP contribution in [0.15, 0.2) is 6.07 Å². The topological polar surface area (TPSA) is 112 Å². The SMILES string of the molecule is CCc1c([N+](=O)[O-])cc([N+](=O)[O-])c(CC)c1N. The van der Waals surface area contributed by atoms with Crippen LogP contribution in [0.2, 0.25) is 0 Å². The zero-order valence-corrected chi connectivity index (χ0v) is 9.60. The highest BCUT2D eigenvalue weighted by atomic mass is 16.6. The molecule has 0 amide bonds.